The molecule has 0 saturated carbocycles. The number of nitrogens with two attached hydrogens (primary N) is 1. The summed E-state index contributed by atoms with van der Waals surface area (Å²) in [6.45, 7) is 13.2. The van der Waals surface area contributed by atoms with Crippen molar-refractivity contribution in [1.29, 1.82) is 0 Å². The minimum Gasteiger partial charge on any atom is -0.324 e. The van der Waals surface area contributed by atoms with E-state index in [2.05, 4.69) is 46.4 Å². The second-order valence-corrected chi connectivity index (χ2v) is 6.73. The zero-order valence-corrected chi connectivity index (χ0v) is 10.8. The maximum atomic E-state index is 13.7. The minimum absolute atomic E-state index is 0.0175. The van der Waals surface area contributed by atoms with Crippen molar-refractivity contribution in [2.45, 2.75) is 65.3 Å². The Morgan fingerprint density at radius 1 is 1.13 bits per heavy atom. The van der Waals surface area contributed by atoms with Gasteiger partial charge >= 0.3 is 0 Å². The summed E-state index contributed by atoms with van der Waals surface area (Å²) in [7, 11) is 0. The van der Waals surface area contributed by atoms with Crippen molar-refractivity contribution >= 4 is 0 Å². The van der Waals surface area contributed by atoms with E-state index in [1.54, 1.807) is 0 Å². The standard InChI is InChI=1S/C12H25FN2/c1-11(2,3)10-9(14)8(13)7-15(10)12(4,5)6/h8-10H,7,14H2,1-6H3/t8-,9+,10-/m0/s1. The molecule has 1 rings (SSSR count). The van der Waals surface area contributed by atoms with E-state index in [0.29, 0.717) is 6.54 Å². The van der Waals surface area contributed by atoms with Gasteiger partial charge < -0.3 is 5.73 Å². The lowest BCUT2D eigenvalue weighted by atomic mass is 9.81. The summed E-state index contributed by atoms with van der Waals surface area (Å²) in [5.74, 6) is 0. The zero-order valence-electron chi connectivity index (χ0n) is 10.8. The quantitative estimate of drug-likeness (QED) is 0.672. The van der Waals surface area contributed by atoms with E-state index in [9.17, 15) is 4.39 Å². The topological polar surface area (TPSA) is 29.3 Å². The second-order valence-electron chi connectivity index (χ2n) is 6.73. The first-order valence-corrected chi connectivity index (χ1v) is 5.71. The molecule has 90 valence electrons. The summed E-state index contributed by atoms with van der Waals surface area (Å²) in [6, 6.07) is -0.239. The van der Waals surface area contributed by atoms with Crippen LogP contribution in [0.25, 0.3) is 0 Å². The highest BCUT2D eigenvalue weighted by molar-refractivity contribution is 5.05. The van der Waals surface area contributed by atoms with E-state index in [-0.39, 0.29) is 23.0 Å². The number of rotatable bonds is 0. The lowest BCUT2D eigenvalue weighted by Gasteiger charge is -2.44. The Morgan fingerprint density at radius 3 is 1.87 bits per heavy atom. The van der Waals surface area contributed by atoms with E-state index in [1.807, 2.05) is 0 Å². The molecule has 2 nitrogen and oxygen atoms in total. The third-order valence-electron chi connectivity index (χ3n) is 3.24. The highest BCUT2D eigenvalue weighted by Gasteiger charge is 2.49. The van der Waals surface area contributed by atoms with E-state index in [4.69, 9.17) is 5.73 Å². The molecule has 3 atom stereocenters. The largest absolute Gasteiger partial charge is 0.324 e. The van der Waals surface area contributed by atoms with Crippen LogP contribution in [0, 0.1) is 5.41 Å². The van der Waals surface area contributed by atoms with Crippen LogP contribution >= 0.6 is 0 Å². The SMILES string of the molecule is CC(C)(C)[C@@H]1[C@H](N)[C@@H](F)CN1C(C)(C)C. The molecule has 0 amide bonds. The summed E-state index contributed by atoms with van der Waals surface area (Å²) in [5, 5.41) is 0. The lowest BCUT2D eigenvalue weighted by molar-refractivity contribution is 0.0517. The number of halogens is 1. The van der Waals surface area contributed by atoms with Crippen LogP contribution < -0.4 is 5.73 Å². The number of hydrogen-bond acceptors (Lipinski definition) is 2. The van der Waals surface area contributed by atoms with Gasteiger partial charge in [-0.2, -0.15) is 0 Å². The molecule has 1 aliphatic rings. The van der Waals surface area contributed by atoms with Crippen molar-refractivity contribution in [3.8, 4) is 0 Å². The molecule has 0 radical (unpaired) electrons. The predicted octanol–water partition coefficient (Wildman–Crippen LogP) is 2.18. The van der Waals surface area contributed by atoms with Crippen LogP contribution in [0.5, 0.6) is 0 Å². The molecular weight excluding hydrogens is 191 g/mol. The molecule has 0 aromatic heterocycles. The summed E-state index contributed by atoms with van der Waals surface area (Å²) < 4.78 is 13.7. The van der Waals surface area contributed by atoms with Gasteiger partial charge in [-0.25, -0.2) is 4.39 Å². The van der Waals surface area contributed by atoms with Gasteiger partial charge in [0.15, 0.2) is 0 Å². The Bertz CT molecular complexity index is 227. The fourth-order valence-corrected chi connectivity index (χ4v) is 2.56. The maximum Gasteiger partial charge on any atom is 0.129 e. The Balaban J connectivity index is 2.98. The van der Waals surface area contributed by atoms with Crippen LogP contribution in [0.4, 0.5) is 4.39 Å². The molecule has 0 aromatic rings. The van der Waals surface area contributed by atoms with Crippen LogP contribution in [0.2, 0.25) is 0 Å². The van der Waals surface area contributed by atoms with Crippen molar-refractivity contribution in [2.75, 3.05) is 6.54 Å². The van der Waals surface area contributed by atoms with Gasteiger partial charge in [0.05, 0.1) is 6.04 Å². The number of nitrogens with zero attached hydrogens (tertiary/aromatic N) is 1. The van der Waals surface area contributed by atoms with Crippen molar-refractivity contribution in [1.82, 2.24) is 4.90 Å². The Labute approximate surface area is 93.0 Å². The Morgan fingerprint density at radius 2 is 1.60 bits per heavy atom. The average Bonchev–Trinajstić information content (AvgIpc) is 2.25. The average molecular weight is 216 g/mol. The highest BCUT2D eigenvalue weighted by atomic mass is 19.1. The number of likely N-dealkylation sites (tertiary alicyclic amines) is 1. The van der Waals surface area contributed by atoms with E-state index >= 15 is 0 Å². The van der Waals surface area contributed by atoms with Gasteiger partial charge in [0.25, 0.3) is 0 Å². The van der Waals surface area contributed by atoms with Crippen molar-refractivity contribution < 1.29 is 4.39 Å². The molecule has 0 spiro atoms. The van der Waals surface area contributed by atoms with E-state index in [1.165, 1.54) is 0 Å². The van der Waals surface area contributed by atoms with Crippen molar-refractivity contribution in [2.24, 2.45) is 11.1 Å². The van der Waals surface area contributed by atoms with Gasteiger partial charge in [0.1, 0.15) is 6.17 Å². The smallest absolute Gasteiger partial charge is 0.129 e. The van der Waals surface area contributed by atoms with E-state index < -0.39 is 6.17 Å². The first kappa shape index (κ1) is 12.9. The zero-order chi connectivity index (χ0) is 12.0. The van der Waals surface area contributed by atoms with Crippen molar-refractivity contribution in [3.05, 3.63) is 0 Å². The molecule has 1 aliphatic heterocycles. The maximum absolute atomic E-state index is 13.7. The van der Waals surface area contributed by atoms with Crippen LogP contribution in [-0.4, -0.2) is 35.2 Å². The van der Waals surface area contributed by atoms with Gasteiger partial charge in [-0.05, 0) is 26.2 Å². The number of hydrogen-bond donors (Lipinski definition) is 1. The van der Waals surface area contributed by atoms with Gasteiger partial charge in [-0.3, -0.25) is 4.90 Å². The molecule has 1 saturated heterocycles. The molecule has 2 N–H and O–H groups in total. The van der Waals surface area contributed by atoms with Gasteiger partial charge in [0, 0.05) is 18.1 Å². The van der Waals surface area contributed by atoms with Crippen LogP contribution in [-0.2, 0) is 0 Å². The molecule has 1 heterocycles. The first-order chi connectivity index (χ1) is 6.55. The summed E-state index contributed by atoms with van der Waals surface area (Å²) in [6.07, 6.45) is -0.895. The second kappa shape index (κ2) is 3.70. The fraction of sp³-hybridized carbons (Fsp3) is 1.00. The third kappa shape index (κ3) is 2.51. The molecule has 0 aromatic carbocycles. The van der Waals surface area contributed by atoms with E-state index in [0.717, 1.165) is 0 Å². The lowest BCUT2D eigenvalue weighted by Crippen LogP contribution is -2.54. The number of alkyl halides is 1. The molecule has 0 unspecified atom stereocenters. The first-order valence-electron chi connectivity index (χ1n) is 5.71. The molecule has 15 heavy (non-hydrogen) atoms. The Hall–Kier alpha value is -0.150. The Kier molecular flexibility index (Phi) is 3.19. The van der Waals surface area contributed by atoms with Crippen molar-refractivity contribution in [3.63, 3.8) is 0 Å². The molecular formula is C12H25FN2. The molecule has 0 aliphatic carbocycles. The summed E-state index contributed by atoms with van der Waals surface area (Å²) in [4.78, 5) is 2.21. The molecule has 1 fully saturated rings. The summed E-state index contributed by atoms with van der Waals surface area (Å²) in [5.41, 5.74) is 5.98. The third-order valence-corrected chi connectivity index (χ3v) is 3.24. The van der Waals surface area contributed by atoms with Gasteiger partial charge in [0.2, 0.25) is 0 Å². The fourth-order valence-electron chi connectivity index (χ4n) is 2.56. The molecule has 0 bridgehead atoms. The minimum atomic E-state index is -0.895. The van der Waals surface area contributed by atoms with Crippen LogP contribution in [0.1, 0.15) is 41.5 Å². The predicted molar refractivity (Wildman–Crippen MR) is 62.6 cm³/mol. The van der Waals surface area contributed by atoms with Gasteiger partial charge in [-0.1, -0.05) is 20.8 Å². The monoisotopic (exact) mass is 216 g/mol. The van der Waals surface area contributed by atoms with Crippen LogP contribution in [0.15, 0.2) is 0 Å². The summed E-state index contributed by atoms with van der Waals surface area (Å²) >= 11 is 0. The van der Waals surface area contributed by atoms with Crippen LogP contribution in [0.3, 0.4) is 0 Å². The highest BCUT2D eigenvalue weighted by Crippen LogP contribution is 2.37. The molecule has 3 heteroatoms. The normalized spacial score (nSPS) is 34.8. The van der Waals surface area contributed by atoms with Gasteiger partial charge in [-0.15, -0.1) is 0 Å².